The Morgan fingerprint density at radius 2 is 1.70 bits per heavy atom. The van der Waals surface area contributed by atoms with Gasteiger partial charge in [0.05, 0.1) is 0 Å². The summed E-state index contributed by atoms with van der Waals surface area (Å²) in [5, 5.41) is 0. The minimum atomic E-state index is -3.70. The van der Waals surface area contributed by atoms with Crippen molar-refractivity contribution in [3.05, 3.63) is 47.3 Å². The SMILES string of the molecule is Cc1cccc(N2CCN(S(=O)(=O)c3cc(C(=O)N4CCC(C)CC4)n(C)c3C)C[C@H]2C)c1. The third kappa shape index (κ3) is 4.55. The van der Waals surface area contributed by atoms with Gasteiger partial charge in [0.15, 0.2) is 0 Å². The molecule has 2 fully saturated rings. The molecule has 1 amide bonds. The number of piperidine rings is 1. The summed E-state index contributed by atoms with van der Waals surface area (Å²) in [6.07, 6.45) is 1.98. The first kappa shape index (κ1) is 23.8. The maximum Gasteiger partial charge on any atom is 0.270 e. The Labute approximate surface area is 198 Å². The molecule has 4 rings (SSSR count). The number of anilines is 1. The molecule has 0 spiro atoms. The first-order valence-corrected chi connectivity index (χ1v) is 13.3. The zero-order valence-electron chi connectivity index (χ0n) is 20.4. The lowest BCUT2D eigenvalue weighted by molar-refractivity contribution is 0.0687. The molecular formula is C25H36N4O3S. The number of aryl methyl sites for hydroxylation is 1. The summed E-state index contributed by atoms with van der Waals surface area (Å²) >= 11 is 0. The highest BCUT2D eigenvalue weighted by atomic mass is 32.2. The Kier molecular flexibility index (Phi) is 6.60. The number of benzene rings is 1. The first-order valence-electron chi connectivity index (χ1n) is 11.9. The van der Waals surface area contributed by atoms with Gasteiger partial charge in [0.2, 0.25) is 10.0 Å². The fourth-order valence-electron chi connectivity index (χ4n) is 4.98. The van der Waals surface area contributed by atoms with Crippen LogP contribution in [0.4, 0.5) is 5.69 Å². The smallest absolute Gasteiger partial charge is 0.270 e. The summed E-state index contributed by atoms with van der Waals surface area (Å²) in [4.78, 5) is 17.5. The van der Waals surface area contributed by atoms with Gasteiger partial charge in [-0.1, -0.05) is 19.1 Å². The minimum Gasteiger partial charge on any atom is -0.366 e. The molecule has 0 unspecified atom stereocenters. The monoisotopic (exact) mass is 472 g/mol. The fourth-order valence-corrected chi connectivity index (χ4v) is 6.77. The molecule has 3 heterocycles. The summed E-state index contributed by atoms with van der Waals surface area (Å²) in [7, 11) is -1.91. The first-order chi connectivity index (χ1) is 15.6. The molecule has 1 atom stereocenters. The number of hydrogen-bond donors (Lipinski definition) is 0. The second-order valence-electron chi connectivity index (χ2n) is 9.76. The van der Waals surface area contributed by atoms with Gasteiger partial charge in [-0.3, -0.25) is 4.79 Å². The van der Waals surface area contributed by atoms with Crippen LogP contribution in [0.25, 0.3) is 0 Å². The number of likely N-dealkylation sites (tertiary alicyclic amines) is 1. The molecule has 0 radical (unpaired) electrons. The lowest BCUT2D eigenvalue weighted by atomic mass is 9.99. The number of nitrogens with zero attached hydrogens (tertiary/aromatic N) is 4. The number of carbonyl (C=O) groups excluding carboxylic acids is 1. The quantitative estimate of drug-likeness (QED) is 0.684. The van der Waals surface area contributed by atoms with Crippen molar-refractivity contribution in [3.63, 3.8) is 0 Å². The molecule has 0 N–H and O–H groups in total. The van der Waals surface area contributed by atoms with Crippen LogP contribution in [0.2, 0.25) is 0 Å². The topological polar surface area (TPSA) is 65.9 Å². The maximum absolute atomic E-state index is 13.6. The van der Waals surface area contributed by atoms with E-state index in [4.69, 9.17) is 0 Å². The molecule has 7 nitrogen and oxygen atoms in total. The van der Waals surface area contributed by atoms with Crippen molar-refractivity contribution in [2.24, 2.45) is 13.0 Å². The summed E-state index contributed by atoms with van der Waals surface area (Å²) < 4.78 is 30.6. The van der Waals surface area contributed by atoms with Crippen molar-refractivity contribution in [1.82, 2.24) is 13.8 Å². The minimum absolute atomic E-state index is 0.0517. The Hall–Kier alpha value is -2.32. The third-order valence-corrected chi connectivity index (χ3v) is 9.30. The van der Waals surface area contributed by atoms with Gasteiger partial charge in [-0.15, -0.1) is 0 Å². The molecular weight excluding hydrogens is 436 g/mol. The standard InChI is InChI=1S/C25H36N4O3S/c1-18-9-11-27(12-10-18)25(30)23-16-24(21(4)26(23)5)33(31,32)28-13-14-29(20(3)17-28)22-8-6-7-19(2)15-22/h6-8,15-16,18,20H,9-14,17H2,1-5H3/t20-/m1/s1. The molecule has 1 aromatic heterocycles. The molecule has 1 aromatic carbocycles. The number of piperazine rings is 1. The van der Waals surface area contributed by atoms with Crippen LogP contribution in [0.15, 0.2) is 35.2 Å². The van der Waals surface area contributed by atoms with Crippen molar-refractivity contribution < 1.29 is 13.2 Å². The van der Waals surface area contributed by atoms with Gasteiger partial charge in [0.25, 0.3) is 5.91 Å². The van der Waals surface area contributed by atoms with Crippen molar-refractivity contribution in [3.8, 4) is 0 Å². The van der Waals surface area contributed by atoms with Crippen LogP contribution in [-0.4, -0.2) is 66.9 Å². The van der Waals surface area contributed by atoms with E-state index in [1.165, 1.54) is 5.56 Å². The Bertz CT molecular complexity index is 1130. The van der Waals surface area contributed by atoms with Gasteiger partial charge in [-0.05, 0) is 63.3 Å². The molecule has 8 heteroatoms. The summed E-state index contributed by atoms with van der Waals surface area (Å²) in [6, 6.07) is 9.96. The molecule has 0 bridgehead atoms. The van der Waals surface area contributed by atoms with Crippen LogP contribution in [0.3, 0.4) is 0 Å². The third-order valence-electron chi connectivity index (χ3n) is 7.32. The van der Waals surface area contributed by atoms with Crippen molar-refractivity contribution in [1.29, 1.82) is 0 Å². The molecule has 180 valence electrons. The number of rotatable bonds is 4. The molecule has 2 aromatic rings. The Morgan fingerprint density at radius 1 is 1.00 bits per heavy atom. The summed E-state index contributed by atoms with van der Waals surface area (Å²) in [5.41, 5.74) is 3.37. The van der Waals surface area contributed by atoms with Gasteiger partial charge in [-0.25, -0.2) is 8.42 Å². The van der Waals surface area contributed by atoms with E-state index in [1.807, 2.05) is 11.0 Å². The van der Waals surface area contributed by atoms with Crippen LogP contribution in [0.1, 0.15) is 48.4 Å². The predicted octanol–water partition coefficient (Wildman–Crippen LogP) is 3.41. The zero-order chi connectivity index (χ0) is 23.9. The molecule has 2 saturated heterocycles. The van der Waals surface area contributed by atoms with E-state index >= 15 is 0 Å². The summed E-state index contributed by atoms with van der Waals surface area (Å²) in [5.74, 6) is 0.548. The highest BCUT2D eigenvalue weighted by molar-refractivity contribution is 7.89. The van der Waals surface area contributed by atoms with Gasteiger partial charge < -0.3 is 14.4 Å². The van der Waals surface area contributed by atoms with Gasteiger partial charge in [0.1, 0.15) is 10.6 Å². The van der Waals surface area contributed by atoms with Crippen LogP contribution < -0.4 is 4.90 Å². The van der Waals surface area contributed by atoms with Gasteiger partial charge in [0, 0.05) is 57.2 Å². The van der Waals surface area contributed by atoms with Crippen LogP contribution in [0.5, 0.6) is 0 Å². The van der Waals surface area contributed by atoms with Crippen LogP contribution in [-0.2, 0) is 17.1 Å². The van der Waals surface area contributed by atoms with E-state index in [0.29, 0.717) is 36.9 Å². The molecule has 0 saturated carbocycles. The number of carbonyl (C=O) groups is 1. The van der Waals surface area contributed by atoms with E-state index in [-0.39, 0.29) is 16.8 Å². The highest BCUT2D eigenvalue weighted by Gasteiger charge is 2.35. The van der Waals surface area contributed by atoms with Crippen molar-refractivity contribution in [2.75, 3.05) is 37.6 Å². The van der Waals surface area contributed by atoms with Crippen molar-refractivity contribution >= 4 is 21.6 Å². The van der Waals surface area contributed by atoms with E-state index in [9.17, 15) is 13.2 Å². The van der Waals surface area contributed by atoms with E-state index in [1.54, 1.807) is 28.9 Å². The second kappa shape index (κ2) is 9.14. The van der Waals surface area contributed by atoms with Crippen LogP contribution >= 0.6 is 0 Å². The number of aromatic nitrogens is 1. The van der Waals surface area contributed by atoms with Crippen LogP contribution in [0, 0.1) is 19.8 Å². The maximum atomic E-state index is 13.6. The fraction of sp³-hybridized carbons (Fsp3) is 0.560. The van der Waals surface area contributed by atoms with E-state index < -0.39 is 10.0 Å². The average molecular weight is 473 g/mol. The Balaban J connectivity index is 1.54. The second-order valence-corrected chi connectivity index (χ2v) is 11.7. The summed E-state index contributed by atoms with van der Waals surface area (Å²) in [6.45, 7) is 11.0. The number of sulfonamides is 1. The number of hydrogen-bond acceptors (Lipinski definition) is 4. The predicted molar refractivity (Wildman–Crippen MR) is 131 cm³/mol. The average Bonchev–Trinajstić information content (AvgIpc) is 3.09. The number of amides is 1. The van der Waals surface area contributed by atoms with Gasteiger partial charge >= 0.3 is 0 Å². The normalized spacial score (nSPS) is 20.9. The lowest BCUT2D eigenvalue weighted by Crippen LogP contribution is -2.53. The largest absolute Gasteiger partial charge is 0.366 e. The zero-order valence-corrected chi connectivity index (χ0v) is 21.2. The van der Waals surface area contributed by atoms with E-state index in [2.05, 4.69) is 43.9 Å². The van der Waals surface area contributed by atoms with Crippen molar-refractivity contribution in [2.45, 2.75) is 51.5 Å². The molecule has 2 aliphatic rings. The lowest BCUT2D eigenvalue weighted by Gasteiger charge is -2.40. The molecule has 0 aliphatic carbocycles. The van der Waals surface area contributed by atoms with E-state index in [0.717, 1.165) is 31.6 Å². The molecule has 2 aliphatic heterocycles. The van der Waals surface area contributed by atoms with Gasteiger partial charge in [-0.2, -0.15) is 4.31 Å². The highest BCUT2D eigenvalue weighted by Crippen LogP contribution is 2.29. The molecule has 33 heavy (non-hydrogen) atoms. The Morgan fingerprint density at radius 3 is 2.33 bits per heavy atom.